The van der Waals surface area contributed by atoms with Gasteiger partial charge in [0.05, 0.1) is 0 Å². The summed E-state index contributed by atoms with van der Waals surface area (Å²) < 4.78 is 0. The van der Waals surface area contributed by atoms with E-state index in [0.29, 0.717) is 19.4 Å². The van der Waals surface area contributed by atoms with Crippen molar-refractivity contribution in [1.29, 1.82) is 0 Å². The fourth-order valence-corrected chi connectivity index (χ4v) is 1.09. The van der Waals surface area contributed by atoms with E-state index < -0.39 is 5.97 Å². The number of carbonyl (C=O) groups is 1. The minimum atomic E-state index is -0.800. The van der Waals surface area contributed by atoms with E-state index >= 15 is 0 Å². The highest BCUT2D eigenvalue weighted by molar-refractivity contribution is 5.66. The van der Waals surface area contributed by atoms with Crippen LogP contribution in [0.4, 0.5) is 5.82 Å². The Morgan fingerprint density at radius 2 is 2.33 bits per heavy atom. The largest absolute Gasteiger partial charge is 0.481 e. The van der Waals surface area contributed by atoms with Crippen LogP contribution >= 0.6 is 0 Å². The highest BCUT2D eigenvalue weighted by atomic mass is 16.4. The molecule has 0 aliphatic rings. The zero-order chi connectivity index (χ0) is 11.1. The number of carboxylic acid groups (broad SMARTS) is 1. The van der Waals surface area contributed by atoms with E-state index in [0.717, 1.165) is 0 Å². The molecule has 15 heavy (non-hydrogen) atoms. The molecule has 6 nitrogen and oxygen atoms in total. The van der Waals surface area contributed by atoms with Crippen LogP contribution in [0.25, 0.3) is 0 Å². The first-order chi connectivity index (χ1) is 7.20. The lowest BCUT2D eigenvalue weighted by Crippen LogP contribution is -2.16. The molecule has 0 radical (unpaired) electrons. The topological polar surface area (TPSA) is 95.1 Å². The normalized spacial score (nSPS) is 9.87. The molecule has 0 atom stereocenters. The van der Waals surface area contributed by atoms with E-state index in [-0.39, 0.29) is 17.8 Å². The predicted octanol–water partition coefficient (Wildman–Crippen LogP) is 0.437. The van der Waals surface area contributed by atoms with Gasteiger partial charge in [-0.3, -0.25) is 9.59 Å². The van der Waals surface area contributed by atoms with Crippen LogP contribution in [0.15, 0.2) is 17.2 Å². The number of nitrogens with one attached hydrogen (secondary N) is 2. The number of unbranched alkanes of at least 4 members (excludes halogenated alkanes) is 1. The number of aromatic amines is 1. The molecule has 1 aromatic rings. The molecule has 0 fully saturated rings. The number of hydrogen-bond donors (Lipinski definition) is 3. The first-order valence-electron chi connectivity index (χ1n) is 4.69. The van der Waals surface area contributed by atoms with Crippen molar-refractivity contribution in [3.8, 4) is 0 Å². The molecule has 1 heterocycles. The van der Waals surface area contributed by atoms with Crippen LogP contribution in [0.3, 0.4) is 0 Å². The monoisotopic (exact) mass is 211 g/mol. The van der Waals surface area contributed by atoms with Crippen molar-refractivity contribution in [3.05, 3.63) is 22.7 Å². The molecular formula is C9H13N3O3. The molecular weight excluding hydrogens is 198 g/mol. The molecule has 1 rings (SSSR count). The molecule has 0 amide bonds. The van der Waals surface area contributed by atoms with Gasteiger partial charge in [-0.25, -0.2) is 4.98 Å². The molecule has 0 aromatic carbocycles. The van der Waals surface area contributed by atoms with Gasteiger partial charge in [0.15, 0.2) is 5.82 Å². The summed E-state index contributed by atoms with van der Waals surface area (Å²) >= 11 is 0. The third-order valence-corrected chi connectivity index (χ3v) is 1.82. The van der Waals surface area contributed by atoms with Gasteiger partial charge in [0.2, 0.25) is 0 Å². The van der Waals surface area contributed by atoms with E-state index in [4.69, 9.17) is 5.11 Å². The number of aromatic nitrogens is 2. The highest BCUT2D eigenvalue weighted by Crippen LogP contribution is 1.96. The second-order valence-electron chi connectivity index (χ2n) is 3.04. The summed E-state index contributed by atoms with van der Waals surface area (Å²) in [6.07, 6.45) is 4.38. The molecule has 1 aromatic heterocycles. The Hall–Kier alpha value is -1.85. The van der Waals surface area contributed by atoms with Gasteiger partial charge in [-0.2, -0.15) is 0 Å². The van der Waals surface area contributed by atoms with Crippen molar-refractivity contribution in [2.24, 2.45) is 0 Å². The quantitative estimate of drug-likeness (QED) is 0.593. The Morgan fingerprint density at radius 3 is 3.00 bits per heavy atom. The standard InChI is InChI=1S/C9H13N3O3/c13-7(14)3-1-2-4-10-8-9(15)12-6-5-11-8/h5-6H,1-4H2,(H,10,11)(H,12,15)(H,13,14). The number of nitrogens with zero attached hydrogens (tertiary/aromatic N) is 1. The zero-order valence-corrected chi connectivity index (χ0v) is 8.19. The summed E-state index contributed by atoms with van der Waals surface area (Å²) in [5.41, 5.74) is -0.268. The van der Waals surface area contributed by atoms with Crippen molar-refractivity contribution in [1.82, 2.24) is 9.97 Å². The molecule has 0 bridgehead atoms. The minimum Gasteiger partial charge on any atom is -0.481 e. The molecule has 0 unspecified atom stereocenters. The average Bonchev–Trinajstić information content (AvgIpc) is 2.20. The Morgan fingerprint density at radius 1 is 1.53 bits per heavy atom. The number of carboxylic acids is 1. The van der Waals surface area contributed by atoms with Gasteiger partial charge in [-0.15, -0.1) is 0 Å². The Labute approximate surface area is 86.4 Å². The molecule has 6 heteroatoms. The summed E-state index contributed by atoms with van der Waals surface area (Å²) in [5.74, 6) is -0.529. The SMILES string of the molecule is O=C(O)CCCCNc1ncc[nH]c1=O. The lowest BCUT2D eigenvalue weighted by atomic mass is 10.2. The molecule has 0 aliphatic heterocycles. The Bertz CT molecular complexity index is 375. The smallest absolute Gasteiger partial charge is 0.303 e. The molecule has 0 saturated heterocycles. The average molecular weight is 211 g/mol. The van der Waals surface area contributed by atoms with E-state index in [1.54, 1.807) is 0 Å². The third-order valence-electron chi connectivity index (χ3n) is 1.82. The van der Waals surface area contributed by atoms with Crippen molar-refractivity contribution in [2.45, 2.75) is 19.3 Å². The van der Waals surface area contributed by atoms with Crippen molar-refractivity contribution >= 4 is 11.8 Å². The summed E-state index contributed by atoms with van der Waals surface area (Å²) in [6, 6.07) is 0. The van der Waals surface area contributed by atoms with Crippen LogP contribution in [-0.4, -0.2) is 27.6 Å². The lowest BCUT2D eigenvalue weighted by Gasteiger charge is -2.02. The van der Waals surface area contributed by atoms with Crippen molar-refractivity contribution < 1.29 is 9.90 Å². The van der Waals surface area contributed by atoms with Gasteiger partial charge in [0, 0.05) is 25.4 Å². The van der Waals surface area contributed by atoms with E-state index in [9.17, 15) is 9.59 Å². The van der Waals surface area contributed by atoms with Crippen LogP contribution < -0.4 is 10.9 Å². The lowest BCUT2D eigenvalue weighted by molar-refractivity contribution is -0.137. The highest BCUT2D eigenvalue weighted by Gasteiger charge is 1.99. The first-order valence-corrected chi connectivity index (χ1v) is 4.69. The van der Waals surface area contributed by atoms with Crippen molar-refractivity contribution in [2.75, 3.05) is 11.9 Å². The Balaban J connectivity index is 2.24. The number of aliphatic carboxylic acids is 1. The fraction of sp³-hybridized carbons (Fsp3) is 0.444. The summed E-state index contributed by atoms with van der Waals surface area (Å²) in [7, 11) is 0. The van der Waals surface area contributed by atoms with Crippen molar-refractivity contribution in [3.63, 3.8) is 0 Å². The zero-order valence-electron chi connectivity index (χ0n) is 8.19. The first kappa shape index (κ1) is 11.2. The van der Waals surface area contributed by atoms with Gasteiger partial charge in [-0.1, -0.05) is 0 Å². The molecule has 0 saturated carbocycles. The fourth-order valence-electron chi connectivity index (χ4n) is 1.09. The van der Waals surface area contributed by atoms with Crippen LogP contribution in [0, 0.1) is 0 Å². The second kappa shape index (κ2) is 5.79. The third kappa shape index (κ3) is 4.26. The van der Waals surface area contributed by atoms with E-state index in [2.05, 4.69) is 15.3 Å². The second-order valence-corrected chi connectivity index (χ2v) is 3.04. The van der Waals surface area contributed by atoms with Gasteiger partial charge < -0.3 is 15.4 Å². The summed E-state index contributed by atoms with van der Waals surface area (Å²) in [5, 5.41) is 11.2. The molecule has 0 spiro atoms. The van der Waals surface area contributed by atoms with Gasteiger partial charge >= 0.3 is 5.97 Å². The minimum absolute atomic E-state index is 0.153. The van der Waals surface area contributed by atoms with Crippen LogP contribution in [0.1, 0.15) is 19.3 Å². The van der Waals surface area contributed by atoms with Crippen LogP contribution in [0.2, 0.25) is 0 Å². The maximum atomic E-state index is 11.1. The Kier molecular flexibility index (Phi) is 4.33. The summed E-state index contributed by atoms with van der Waals surface area (Å²) in [6.45, 7) is 0.549. The van der Waals surface area contributed by atoms with Gasteiger partial charge in [0.1, 0.15) is 0 Å². The maximum absolute atomic E-state index is 11.1. The number of hydrogen-bond acceptors (Lipinski definition) is 4. The number of H-pyrrole nitrogens is 1. The molecule has 82 valence electrons. The predicted molar refractivity (Wildman–Crippen MR) is 54.8 cm³/mol. The summed E-state index contributed by atoms with van der Waals surface area (Å²) in [4.78, 5) is 27.6. The van der Waals surface area contributed by atoms with E-state index in [1.807, 2.05) is 0 Å². The van der Waals surface area contributed by atoms with E-state index in [1.165, 1.54) is 12.4 Å². The van der Waals surface area contributed by atoms with Gasteiger partial charge in [-0.05, 0) is 12.8 Å². The van der Waals surface area contributed by atoms with Crippen LogP contribution in [0.5, 0.6) is 0 Å². The number of anilines is 1. The number of rotatable bonds is 6. The molecule has 3 N–H and O–H groups in total. The molecule has 0 aliphatic carbocycles. The maximum Gasteiger partial charge on any atom is 0.303 e. The van der Waals surface area contributed by atoms with Gasteiger partial charge in [0.25, 0.3) is 5.56 Å². The van der Waals surface area contributed by atoms with Crippen LogP contribution in [-0.2, 0) is 4.79 Å².